The minimum Gasteiger partial charge on any atom is -0.493 e. The molecule has 0 spiro atoms. The molecule has 0 N–H and O–H groups in total. The summed E-state index contributed by atoms with van der Waals surface area (Å²) >= 11 is 0. The molecule has 0 amide bonds. The van der Waals surface area contributed by atoms with E-state index in [9.17, 15) is 17.6 Å². The van der Waals surface area contributed by atoms with Gasteiger partial charge in [0.2, 0.25) is 0 Å². The van der Waals surface area contributed by atoms with Crippen LogP contribution in [0.1, 0.15) is 18.5 Å². The van der Waals surface area contributed by atoms with Crippen molar-refractivity contribution in [2.24, 2.45) is 0 Å². The van der Waals surface area contributed by atoms with Crippen LogP contribution in [-0.2, 0) is 16.4 Å². The maximum Gasteiger partial charge on any atom is 0.330 e. The number of ether oxygens (including phenoxy) is 2. The first-order valence-corrected chi connectivity index (χ1v) is 11.5. The molecule has 0 aliphatic heterocycles. The number of benzene rings is 2. The lowest BCUT2D eigenvalue weighted by Gasteiger charge is -2.20. The maximum absolute atomic E-state index is 13.9. The van der Waals surface area contributed by atoms with Crippen molar-refractivity contribution < 1.29 is 22.3 Å². The molecule has 10 heteroatoms. The highest BCUT2D eigenvalue weighted by Crippen LogP contribution is 2.33. The lowest BCUT2D eigenvalue weighted by atomic mass is 10.1. The number of rotatable bonds is 8. The second-order valence-electron chi connectivity index (χ2n) is 6.98. The van der Waals surface area contributed by atoms with Crippen LogP contribution >= 0.6 is 0 Å². The number of fused-ring (bicyclic) bond motifs is 1. The monoisotopic (exact) mass is 447 g/mol. The predicted molar refractivity (Wildman–Crippen MR) is 114 cm³/mol. The molecule has 3 aromatic rings. The fraction of sp³-hybridized carbons (Fsp3) is 0.333. The molecule has 0 fully saturated rings. The Morgan fingerprint density at radius 1 is 1.16 bits per heavy atom. The van der Waals surface area contributed by atoms with Crippen LogP contribution in [0.5, 0.6) is 11.5 Å². The number of methoxy groups -OCH3 is 1. The molecule has 31 heavy (non-hydrogen) atoms. The average molecular weight is 447 g/mol. The normalized spacial score (nSPS) is 12.5. The predicted octanol–water partition coefficient (Wildman–Crippen LogP) is 2.51. The van der Waals surface area contributed by atoms with Crippen molar-refractivity contribution in [1.82, 2.24) is 9.13 Å². The summed E-state index contributed by atoms with van der Waals surface area (Å²) in [6, 6.07) is 9.62. The van der Waals surface area contributed by atoms with E-state index in [1.165, 1.54) is 23.8 Å². The molecule has 0 radical (unpaired) electrons. The fourth-order valence-electron chi connectivity index (χ4n) is 3.55. The van der Waals surface area contributed by atoms with Crippen LogP contribution in [0.4, 0.5) is 4.39 Å². The third-order valence-corrected chi connectivity index (χ3v) is 5.72. The van der Waals surface area contributed by atoms with Crippen LogP contribution in [-0.4, -0.2) is 43.3 Å². The zero-order valence-corrected chi connectivity index (χ0v) is 18.1. The van der Waals surface area contributed by atoms with Crippen LogP contribution < -0.4 is 15.2 Å². The molecule has 1 unspecified atom stereocenters. The maximum atomic E-state index is 13.9. The second kappa shape index (κ2) is 8.81. The van der Waals surface area contributed by atoms with E-state index in [-0.39, 0.29) is 17.8 Å². The third-order valence-electron chi connectivity index (χ3n) is 4.80. The molecule has 1 heterocycles. The standard InChI is InChI=1S/C21H22FN3O5S/c1-4-30-20-11-14(5-8-19(20)29-2)18(13-31(3,27)28)25-16-7-6-15(22)12-17(16)24(10-9-23)21(25)26/h5-8,11-12,18H,4,10,13H2,1-3H3. The van der Waals surface area contributed by atoms with Gasteiger partial charge >= 0.3 is 5.69 Å². The Morgan fingerprint density at radius 3 is 2.52 bits per heavy atom. The van der Waals surface area contributed by atoms with Crippen molar-refractivity contribution in [3.8, 4) is 17.6 Å². The van der Waals surface area contributed by atoms with E-state index in [2.05, 4.69) is 0 Å². The summed E-state index contributed by atoms with van der Waals surface area (Å²) in [5.41, 5.74) is 0.425. The van der Waals surface area contributed by atoms with Crippen molar-refractivity contribution in [1.29, 1.82) is 5.26 Å². The zero-order chi connectivity index (χ0) is 22.8. The van der Waals surface area contributed by atoms with Gasteiger partial charge in [-0.05, 0) is 42.8 Å². The topological polar surface area (TPSA) is 103 Å². The van der Waals surface area contributed by atoms with Crippen molar-refractivity contribution in [3.05, 3.63) is 58.3 Å². The van der Waals surface area contributed by atoms with E-state index in [4.69, 9.17) is 14.7 Å². The minimum atomic E-state index is -3.54. The summed E-state index contributed by atoms with van der Waals surface area (Å²) in [5.74, 6) is -0.0848. The van der Waals surface area contributed by atoms with E-state index < -0.39 is 27.4 Å². The van der Waals surface area contributed by atoms with Gasteiger partial charge in [-0.15, -0.1) is 0 Å². The highest BCUT2D eigenvalue weighted by molar-refractivity contribution is 7.90. The number of nitrogens with zero attached hydrogens (tertiary/aromatic N) is 3. The van der Waals surface area contributed by atoms with E-state index in [1.54, 1.807) is 25.1 Å². The number of halogens is 1. The highest BCUT2D eigenvalue weighted by atomic mass is 32.2. The third kappa shape index (κ3) is 4.56. The van der Waals surface area contributed by atoms with Crippen molar-refractivity contribution >= 4 is 20.9 Å². The van der Waals surface area contributed by atoms with Crippen LogP contribution in [0.15, 0.2) is 41.2 Å². The van der Waals surface area contributed by atoms with E-state index in [0.29, 0.717) is 29.2 Å². The van der Waals surface area contributed by atoms with E-state index in [1.807, 2.05) is 6.07 Å². The molecule has 164 valence electrons. The number of hydrogen-bond donors (Lipinski definition) is 0. The minimum absolute atomic E-state index is 0.212. The molecule has 2 aromatic carbocycles. The van der Waals surface area contributed by atoms with Crippen LogP contribution in [0.3, 0.4) is 0 Å². The summed E-state index contributed by atoms with van der Waals surface area (Å²) < 4.78 is 51.7. The Hall–Kier alpha value is -3.32. The molecule has 1 atom stereocenters. The molecule has 0 bridgehead atoms. The van der Waals surface area contributed by atoms with Crippen molar-refractivity contribution in [2.45, 2.75) is 19.5 Å². The van der Waals surface area contributed by atoms with Gasteiger partial charge < -0.3 is 9.47 Å². The first kappa shape index (κ1) is 22.4. The van der Waals surface area contributed by atoms with Crippen molar-refractivity contribution in [2.75, 3.05) is 25.7 Å². The molecule has 3 rings (SSSR count). The molecule has 1 aromatic heterocycles. The van der Waals surface area contributed by atoms with Gasteiger partial charge in [0.25, 0.3) is 0 Å². The molecule has 8 nitrogen and oxygen atoms in total. The molecular formula is C21H22FN3O5S. The summed E-state index contributed by atoms with van der Waals surface area (Å²) in [5, 5.41) is 9.14. The SMILES string of the molecule is CCOc1cc(C(CS(C)(=O)=O)n2c(=O)n(CC#N)c3cc(F)ccc32)ccc1OC. The number of hydrogen-bond acceptors (Lipinski definition) is 6. The quantitative estimate of drug-likeness (QED) is 0.526. The second-order valence-corrected chi connectivity index (χ2v) is 9.17. The van der Waals surface area contributed by atoms with Gasteiger partial charge in [0.05, 0.1) is 42.6 Å². The van der Waals surface area contributed by atoms with Crippen LogP contribution in [0.25, 0.3) is 11.0 Å². The van der Waals surface area contributed by atoms with Gasteiger partial charge in [0.1, 0.15) is 22.2 Å². The van der Waals surface area contributed by atoms with Gasteiger partial charge in [-0.1, -0.05) is 6.07 Å². The number of aromatic nitrogens is 2. The summed E-state index contributed by atoms with van der Waals surface area (Å²) in [6.45, 7) is 1.86. The smallest absolute Gasteiger partial charge is 0.330 e. The Morgan fingerprint density at radius 2 is 1.90 bits per heavy atom. The first-order chi connectivity index (χ1) is 14.7. The summed E-state index contributed by atoms with van der Waals surface area (Å²) in [7, 11) is -2.05. The molecule has 0 saturated carbocycles. The van der Waals surface area contributed by atoms with E-state index >= 15 is 0 Å². The van der Waals surface area contributed by atoms with Gasteiger partial charge in [-0.25, -0.2) is 17.6 Å². The van der Waals surface area contributed by atoms with Gasteiger partial charge in [-0.3, -0.25) is 9.13 Å². The van der Waals surface area contributed by atoms with Gasteiger partial charge in [0.15, 0.2) is 11.5 Å². The molecule has 0 saturated heterocycles. The summed E-state index contributed by atoms with van der Waals surface area (Å²) in [4.78, 5) is 13.2. The lowest BCUT2D eigenvalue weighted by molar-refractivity contribution is 0.310. The van der Waals surface area contributed by atoms with E-state index in [0.717, 1.165) is 16.9 Å². The van der Waals surface area contributed by atoms with Gasteiger partial charge in [-0.2, -0.15) is 5.26 Å². The first-order valence-electron chi connectivity index (χ1n) is 9.45. The number of nitriles is 1. The van der Waals surface area contributed by atoms with Gasteiger partial charge in [0, 0.05) is 6.26 Å². The Kier molecular flexibility index (Phi) is 6.36. The van der Waals surface area contributed by atoms with Crippen LogP contribution in [0, 0.1) is 17.1 Å². The lowest BCUT2D eigenvalue weighted by Crippen LogP contribution is -2.31. The zero-order valence-electron chi connectivity index (χ0n) is 17.3. The van der Waals surface area contributed by atoms with Crippen LogP contribution in [0.2, 0.25) is 0 Å². The Bertz CT molecular complexity index is 1320. The number of imidazole rings is 1. The average Bonchev–Trinajstić information content (AvgIpc) is 2.97. The number of sulfone groups is 1. The molecule has 0 aliphatic carbocycles. The van der Waals surface area contributed by atoms with Crippen molar-refractivity contribution in [3.63, 3.8) is 0 Å². The largest absolute Gasteiger partial charge is 0.493 e. The Labute approximate surface area is 179 Å². The fourth-order valence-corrected chi connectivity index (χ4v) is 4.47. The molecular weight excluding hydrogens is 425 g/mol. The Balaban J connectivity index is 2.32. The highest BCUT2D eigenvalue weighted by Gasteiger charge is 2.26. The molecule has 0 aliphatic rings. The summed E-state index contributed by atoms with van der Waals surface area (Å²) in [6.07, 6.45) is 1.08.